The van der Waals surface area contributed by atoms with E-state index in [1.807, 2.05) is 19.1 Å². The summed E-state index contributed by atoms with van der Waals surface area (Å²) in [7, 11) is 0. The molecule has 1 heterocycles. The van der Waals surface area contributed by atoms with E-state index in [-0.39, 0.29) is 36.8 Å². The molecule has 4 rings (SSSR count). The Morgan fingerprint density at radius 2 is 1.79 bits per heavy atom. The highest BCUT2D eigenvalue weighted by molar-refractivity contribution is 5.89. The van der Waals surface area contributed by atoms with Gasteiger partial charge in [-0.3, -0.25) is 0 Å². The van der Waals surface area contributed by atoms with Crippen molar-refractivity contribution in [3.05, 3.63) is 89.0 Å². The quantitative estimate of drug-likeness (QED) is 0.176. The molecule has 3 aromatic rings. The van der Waals surface area contributed by atoms with Crippen molar-refractivity contribution in [1.82, 2.24) is 5.32 Å². The van der Waals surface area contributed by atoms with Crippen molar-refractivity contribution in [3.8, 4) is 17.6 Å². The number of nitrogens with zero attached hydrogens (tertiary/aromatic N) is 1. The fourth-order valence-electron chi connectivity index (χ4n) is 4.92. The molecule has 1 unspecified atom stereocenters. The number of nitriles is 1. The third-order valence-corrected chi connectivity index (χ3v) is 6.78. The number of halogens is 3. The Kier molecular flexibility index (Phi) is 10.7. The first kappa shape index (κ1) is 30.7. The normalized spacial score (nSPS) is 13.8. The number of esters is 1. The highest BCUT2D eigenvalue weighted by atomic mass is 19.4. The number of fused-ring (bicyclic) bond motifs is 1. The summed E-state index contributed by atoms with van der Waals surface area (Å²) in [5, 5.41) is 16.4. The number of carbonyl (C=O) groups is 1. The summed E-state index contributed by atoms with van der Waals surface area (Å²) in [6, 6.07) is 21.1. The number of alkyl halides is 3. The first-order valence-electron chi connectivity index (χ1n) is 13.9. The van der Waals surface area contributed by atoms with Crippen LogP contribution in [0.25, 0.3) is 0 Å². The molecule has 222 valence electrons. The SMILES string of the molecule is C[C@H](Cc1cc(C#N)c2c(c1)CCN2)NC(CCCOC(=O)c1ccccc1)COc1ccccc1OCC(F)(F)F. The number of nitrogens with one attached hydrogen (secondary N) is 2. The van der Waals surface area contributed by atoms with Crippen LogP contribution in [0.2, 0.25) is 0 Å². The van der Waals surface area contributed by atoms with Gasteiger partial charge in [0.25, 0.3) is 0 Å². The Morgan fingerprint density at radius 3 is 2.50 bits per heavy atom. The summed E-state index contributed by atoms with van der Waals surface area (Å²) in [6.07, 6.45) is -1.82. The predicted octanol–water partition coefficient (Wildman–Crippen LogP) is 6.07. The number of hydrogen-bond donors (Lipinski definition) is 2. The van der Waals surface area contributed by atoms with Crippen molar-refractivity contribution < 1.29 is 32.2 Å². The van der Waals surface area contributed by atoms with Crippen LogP contribution in [-0.2, 0) is 17.6 Å². The van der Waals surface area contributed by atoms with E-state index in [0.717, 1.165) is 29.8 Å². The zero-order valence-corrected chi connectivity index (χ0v) is 23.4. The van der Waals surface area contributed by atoms with Crippen LogP contribution in [0.5, 0.6) is 11.5 Å². The molecule has 2 atom stereocenters. The zero-order chi connectivity index (χ0) is 30.0. The molecule has 0 saturated carbocycles. The van der Waals surface area contributed by atoms with Crippen LogP contribution < -0.4 is 20.1 Å². The number of anilines is 1. The summed E-state index contributed by atoms with van der Waals surface area (Å²) in [4.78, 5) is 12.3. The molecule has 0 bridgehead atoms. The van der Waals surface area contributed by atoms with Gasteiger partial charge in [0.1, 0.15) is 12.7 Å². The van der Waals surface area contributed by atoms with Gasteiger partial charge < -0.3 is 24.8 Å². The smallest absolute Gasteiger partial charge is 0.422 e. The summed E-state index contributed by atoms with van der Waals surface area (Å²) in [5.41, 5.74) is 4.18. The lowest BCUT2D eigenvalue weighted by molar-refractivity contribution is -0.153. The van der Waals surface area contributed by atoms with E-state index >= 15 is 0 Å². The lowest BCUT2D eigenvalue weighted by atomic mass is 9.98. The minimum Gasteiger partial charge on any atom is -0.488 e. The molecule has 10 heteroatoms. The van der Waals surface area contributed by atoms with Gasteiger partial charge in [0.2, 0.25) is 0 Å². The lowest BCUT2D eigenvalue weighted by Crippen LogP contribution is -2.41. The van der Waals surface area contributed by atoms with Gasteiger partial charge in [0.15, 0.2) is 18.1 Å². The number of hydrogen-bond acceptors (Lipinski definition) is 7. The maximum absolute atomic E-state index is 12.7. The van der Waals surface area contributed by atoms with Crippen LogP contribution in [0, 0.1) is 11.3 Å². The molecular weight excluding hydrogens is 547 g/mol. The first-order valence-corrected chi connectivity index (χ1v) is 13.9. The van der Waals surface area contributed by atoms with E-state index in [1.165, 1.54) is 6.07 Å². The van der Waals surface area contributed by atoms with Gasteiger partial charge in [-0.15, -0.1) is 0 Å². The van der Waals surface area contributed by atoms with Gasteiger partial charge in [-0.25, -0.2) is 4.79 Å². The van der Waals surface area contributed by atoms with Crippen LogP contribution in [0.15, 0.2) is 66.7 Å². The topological polar surface area (TPSA) is 92.6 Å². The highest BCUT2D eigenvalue weighted by Crippen LogP contribution is 2.30. The Bertz CT molecular complexity index is 1380. The molecule has 0 aliphatic carbocycles. The number of benzene rings is 3. The van der Waals surface area contributed by atoms with Crippen LogP contribution in [-0.4, -0.2) is 50.6 Å². The zero-order valence-electron chi connectivity index (χ0n) is 23.4. The van der Waals surface area contributed by atoms with E-state index < -0.39 is 18.8 Å². The molecular formula is C32H34F3N3O4. The molecule has 1 aliphatic heterocycles. The molecule has 42 heavy (non-hydrogen) atoms. The molecule has 0 saturated heterocycles. The van der Waals surface area contributed by atoms with E-state index in [0.29, 0.717) is 30.4 Å². The molecule has 0 spiro atoms. The second-order valence-electron chi connectivity index (χ2n) is 10.2. The molecule has 0 aromatic heterocycles. The van der Waals surface area contributed by atoms with Crippen molar-refractivity contribution in [2.45, 2.75) is 50.9 Å². The molecule has 0 fully saturated rings. The van der Waals surface area contributed by atoms with Gasteiger partial charge in [0, 0.05) is 18.6 Å². The second-order valence-corrected chi connectivity index (χ2v) is 10.2. The Labute approximate surface area is 243 Å². The monoisotopic (exact) mass is 581 g/mol. The molecule has 0 radical (unpaired) electrons. The molecule has 0 amide bonds. The number of ether oxygens (including phenoxy) is 3. The van der Waals surface area contributed by atoms with Crippen LogP contribution in [0.4, 0.5) is 18.9 Å². The minimum atomic E-state index is -4.47. The van der Waals surface area contributed by atoms with Crippen molar-refractivity contribution in [1.29, 1.82) is 5.26 Å². The second kappa shape index (κ2) is 14.6. The van der Waals surface area contributed by atoms with Gasteiger partial charge in [-0.1, -0.05) is 36.4 Å². The molecule has 7 nitrogen and oxygen atoms in total. The van der Waals surface area contributed by atoms with Crippen molar-refractivity contribution in [2.75, 3.05) is 31.7 Å². The highest BCUT2D eigenvalue weighted by Gasteiger charge is 2.29. The third-order valence-electron chi connectivity index (χ3n) is 6.78. The fourth-order valence-corrected chi connectivity index (χ4v) is 4.92. The van der Waals surface area contributed by atoms with Crippen LogP contribution in [0.3, 0.4) is 0 Å². The van der Waals surface area contributed by atoms with Crippen molar-refractivity contribution in [2.24, 2.45) is 0 Å². The van der Waals surface area contributed by atoms with E-state index in [2.05, 4.69) is 22.8 Å². The Balaban J connectivity index is 1.39. The van der Waals surface area contributed by atoms with Crippen LogP contribution in [0.1, 0.15) is 46.8 Å². The number of para-hydroxylation sites is 2. The van der Waals surface area contributed by atoms with E-state index in [1.54, 1.807) is 42.5 Å². The standard InChI is InChI=1S/C32H34F3N3O4/c1-22(16-23-17-25-13-14-37-30(25)26(18-23)19-36)38-27(10-7-15-40-31(39)24-8-3-2-4-9-24)20-41-28-11-5-6-12-29(28)42-21-32(33,34)35/h2-6,8-9,11-12,17-18,22,27,37-38H,7,10,13-16,20-21H2,1H3/t22-,27?/m1/s1. The maximum Gasteiger partial charge on any atom is 0.422 e. The lowest BCUT2D eigenvalue weighted by Gasteiger charge is -2.25. The maximum atomic E-state index is 12.7. The van der Waals surface area contributed by atoms with Crippen molar-refractivity contribution >= 4 is 11.7 Å². The fraction of sp³-hybridized carbons (Fsp3) is 0.375. The van der Waals surface area contributed by atoms with E-state index in [4.69, 9.17) is 14.2 Å². The van der Waals surface area contributed by atoms with Gasteiger partial charge in [0.05, 0.1) is 23.4 Å². The Morgan fingerprint density at radius 1 is 1.07 bits per heavy atom. The summed E-state index contributed by atoms with van der Waals surface area (Å²) >= 11 is 0. The summed E-state index contributed by atoms with van der Waals surface area (Å²) in [5.74, 6) is -0.185. The van der Waals surface area contributed by atoms with Gasteiger partial charge in [-0.2, -0.15) is 18.4 Å². The average molecular weight is 582 g/mol. The third kappa shape index (κ3) is 9.14. The Hall–Kier alpha value is -4.23. The first-order chi connectivity index (χ1) is 20.2. The molecule has 3 aromatic carbocycles. The number of carbonyl (C=O) groups excluding carboxylic acids is 1. The van der Waals surface area contributed by atoms with Crippen LogP contribution >= 0.6 is 0 Å². The van der Waals surface area contributed by atoms with Gasteiger partial charge in [-0.05, 0) is 74.1 Å². The number of rotatable bonds is 14. The summed E-state index contributed by atoms with van der Waals surface area (Å²) < 4.78 is 54.5. The van der Waals surface area contributed by atoms with E-state index in [9.17, 15) is 23.2 Å². The van der Waals surface area contributed by atoms with Gasteiger partial charge >= 0.3 is 12.1 Å². The largest absolute Gasteiger partial charge is 0.488 e. The predicted molar refractivity (Wildman–Crippen MR) is 153 cm³/mol. The summed E-state index contributed by atoms with van der Waals surface area (Å²) in [6.45, 7) is 1.78. The molecule has 2 N–H and O–H groups in total. The average Bonchev–Trinajstić information content (AvgIpc) is 3.45. The van der Waals surface area contributed by atoms with Crippen molar-refractivity contribution in [3.63, 3.8) is 0 Å². The minimum absolute atomic E-state index is 0.00852. The molecule has 1 aliphatic rings.